The van der Waals surface area contributed by atoms with Gasteiger partial charge in [0.15, 0.2) is 0 Å². The summed E-state index contributed by atoms with van der Waals surface area (Å²) < 4.78 is 53.5. The first kappa shape index (κ1) is 42.7. The molecule has 2 aromatic carbocycles. The second kappa shape index (κ2) is 18.6. The van der Waals surface area contributed by atoms with Crippen LogP contribution in [0.2, 0.25) is 0 Å². The lowest BCUT2D eigenvalue weighted by molar-refractivity contribution is -0.123. The molecular formula is C39H55N7O8S2. The molecule has 1 saturated heterocycles. The Bertz CT molecular complexity index is 1980. The average molecular weight is 814 g/mol. The molecule has 2 aliphatic carbocycles. The molecule has 6 rings (SSSR count). The van der Waals surface area contributed by atoms with Crippen molar-refractivity contribution < 1.29 is 36.0 Å². The number of sulfonamides is 2. The largest absolute Gasteiger partial charge is 0.343 e. The molecule has 7 amide bonds. The number of nitrogens with one attached hydrogen (secondary N) is 5. The Morgan fingerprint density at radius 1 is 0.768 bits per heavy atom. The van der Waals surface area contributed by atoms with E-state index in [0.29, 0.717) is 49.3 Å². The maximum absolute atomic E-state index is 12.5. The van der Waals surface area contributed by atoms with Crippen LogP contribution in [0.15, 0.2) is 69.5 Å². The first-order chi connectivity index (χ1) is 26.5. The van der Waals surface area contributed by atoms with E-state index >= 15 is 0 Å². The number of urea groups is 3. The van der Waals surface area contributed by atoms with E-state index < -0.39 is 38.1 Å². The van der Waals surface area contributed by atoms with Crippen LogP contribution in [0.4, 0.5) is 14.4 Å². The SMILES string of the molecule is CCC1=C(C)CN(C(=O)NCCc2ccc(S(=O)(=O)NC(=O)NC3CCC(C)CC3)cc2)C1=O.Cc1ccc(S(=O)(=O)NC(=O)NN2CC3CCCC3C2)cc1. The van der Waals surface area contributed by atoms with Crippen LogP contribution in [0.1, 0.15) is 83.3 Å². The highest BCUT2D eigenvalue weighted by molar-refractivity contribution is 7.90. The third-order valence-corrected chi connectivity index (χ3v) is 13.8. The van der Waals surface area contributed by atoms with E-state index in [-0.39, 0.29) is 21.7 Å². The normalized spacial score (nSPS) is 22.5. The van der Waals surface area contributed by atoms with Crippen LogP contribution in [0.5, 0.6) is 0 Å². The number of aryl methyl sites for hydroxylation is 1. The minimum atomic E-state index is -3.98. The maximum Gasteiger partial charge on any atom is 0.343 e. The van der Waals surface area contributed by atoms with Crippen LogP contribution < -0.4 is 25.5 Å². The lowest BCUT2D eigenvalue weighted by Crippen LogP contribution is -2.48. The fourth-order valence-electron chi connectivity index (χ4n) is 7.80. The Morgan fingerprint density at radius 3 is 1.88 bits per heavy atom. The van der Waals surface area contributed by atoms with Crippen molar-refractivity contribution in [3.05, 3.63) is 70.8 Å². The predicted molar refractivity (Wildman–Crippen MR) is 211 cm³/mol. The third-order valence-electron chi connectivity index (χ3n) is 11.1. The van der Waals surface area contributed by atoms with E-state index in [1.54, 1.807) is 24.3 Å². The molecule has 5 N–H and O–H groups in total. The van der Waals surface area contributed by atoms with Gasteiger partial charge in [-0.2, -0.15) is 0 Å². The number of nitrogens with zero attached hydrogens (tertiary/aromatic N) is 2. The summed E-state index contributed by atoms with van der Waals surface area (Å²) in [5, 5.41) is 7.31. The number of hydrazine groups is 1. The van der Waals surface area contributed by atoms with Gasteiger partial charge in [0.2, 0.25) is 0 Å². The molecule has 306 valence electrons. The molecule has 2 saturated carbocycles. The van der Waals surface area contributed by atoms with Gasteiger partial charge in [0.25, 0.3) is 26.0 Å². The van der Waals surface area contributed by atoms with E-state index in [1.165, 1.54) is 48.4 Å². The smallest absolute Gasteiger partial charge is 0.337 e. The van der Waals surface area contributed by atoms with Gasteiger partial charge in [0, 0.05) is 31.2 Å². The number of hydrogen-bond acceptors (Lipinski definition) is 9. The number of fused-ring (bicyclic) bond motifs is 1. The summed E-state index contributed by atoms with van der Waals surface area (Å²) in [7, 11) is -7.81. The highest BCUT2D eigenvalue weighted by atomic mass is 32.2. The molecular weight excluding hydrogens is 759 g/mol. The molecule has 2 unspecified atom stereocenters. The maximum atomic E-state index is 12.5. The molecule has 2 aliphatic heterocycles. The summed E-state index contributed by atoms with van der Waals surface area (Å²) in [5.41, 5.74) is 6.02. The van der Waals surface area contributed by atoms with Gasteiger partial charge >= 0.3 is 18.1 Å². The first-order valence-corrected chi connectivity index (χ1v) is 22.4. The zero-order valence-electron chi connectivity index (χ0n) is 32.6. The van der Waals surface area contributed by atoms with Crippen LogP contribution >= 0.6 is 0 Å². The summed E-state index contributed by atoms with van der Waals surface area (Å²) in [6, 6.07) is 10.7. The molecule has 2 aromatic rings. The molecule has 0 spiro atoms. The third kappa shape index (κ3) is 11.3. The quantitative estimate of drug-likeness (QED) is 0.225. The summed E-state index contributed by atoms with van der Waals surface area (Å²) in [5.74, 6) is 1.65. The number of amides is 7. The van der Waals surface area contributed by atoms with Crippen molar-refractivity contribution in [2.45, 2.75) is 101 Å². The van der Waals surface area contributed by atoms with Gasteiger partial charge in [-0.05, 0) is 118 Å². The topological polar surface area (TPSA) is 203 Å². The van der Waals surface area contributed by atoms with Crippen molar-refractivity contribution in [2.75, 3.05) is 26.2 Å². The highest BCUT2D eigenvalue weighted by Gasteiger charge is 2.37. The van der Waals surface area contributed by atoms with Crippen LogP contribution in [-0.4, -0.2) is 83.0 Å². The monoisotopic (exact) mass is 813 g/mol. The van der Waals surface area contributed by atoms with E-state index in [0.717, 1.165) is 55.5 Å². The number of carbonyl (C=O) groups excluding carboxylic acids is 4. The Labute approximate surface area is 330 Å². The molecule has 0 radical (unpaired) electrons. The Morgan fingerprint density at radius 2 is 1.32 bits per heavy atom. The van der Waals surface area contributed by atoms with Crippen molar-refractivity contribution in [3.8, 4) is 0 Å². The lowest BCUT2D eigenvalue weighted by Gasteiger charge is -2.26. The minimum absolute atomic E-state index is 0.00639. The number of carbonyl (C=O) groups is 4. The van der Waals surface area contributed by atoms with Gasteiger partial charge in [-0.3, -0.25) is 15.1 Å². The summed E-state index contributed by atoms with van der Waals surface area (Å²) in [4.78, 5) is 50.0. The molecule has 3 fully saturated rings. The van der Waals surface area contributed by atoms with Gasteiger partial charge in [-0.25, -0.2) is 45.7 Å². The van der Waals surface area contributed by atoms with Crippen molar-refractivity contribution in [1.82, 2.24) is 35.4 Å². The second-order valence-electron chi connectivity index (χ2n) is 15.4. The average Bonchev–Trinajstić information content (AvgIpc) is 3.82. The van der Waals surface area contributed by atoms with Gasteiger partial charge in [0.05, 0.1) is 16.3 Å². The Balaban J connectivity index is 0.000000234. The minimum Gasteiger partial charge on any atom is -0.337 e. The summed E-state index contributed by atoms with van der Waals surface area (Å²) >= 11 is 0. The van der Waals surface area contributed by atoms with E-state index in [2.05, 4.69) is 32.4 Å². The van der Waals surface area contributed by atoms with E-state index in [1.807, 2.05) is 25.8 Å². The van der Waals surface area contributed by atoms with Crippen LogP contribution in [0, 0.1) is 24.7 Å². The van der Waals surface area contributed by atoms with E-state index in [9.17, 15) is 36.0 Å². The summed E-state index contributed by atoms with van der Waals surface area (Å²) in [6.07, 6.45) is 8.46. The molecule has 17 heteroatoms. The zero-order valence-corrected chi connectivity index (χ0v) is 34.2. The van der Waals surface area contributed by atoms with Gasteiger partial charge < -0.3 is 10.6 Å². The van der Waals surface area contributed by atoms with Crippen molar-refractivity contribution in [2.24, 2.45) is 17.8 Å². The van der Waals surface area contributed by atoms with E-state index in [4.69, 9.17) is 0 Å². The molecule has 2 heterocycles. The highest BCUT2D eigenvalue weighted by Crippen LogP contribution is 2.36. The number of imide groups is 1. The van der Waals surface area contributed by atoms with Crippen molar-refractivity contribution >= 4 is 44.0 Å². The number of benzene rings is 2. The van der Waals surface area contributed by atoms with Crippen LogP contribution in [0.3, 0.4) is 0 Å². The lowest BCUT2D eigenvalue weighted by atomic mass is 9.87. The molecule has 56 heavy (non-hydrogen) atoms. The molecule has 0 aromatic heterocycles. The molecule has 15 nitrogen and oxygen atoms in total. The zero-order chi connectivity index (χ0) is 40.6. The fourth-order valence-corrected chi connectivity index (χ4v) is 9.62. The Kier molecular flexibility index (Phi) is 14.2. The standard InChI is InChI=1S/C24H34N4O5S.C15H21N3O3S/c1-4-21-17(3)15-28(22(21)29)24(31)25-14-13-18-7-11-20(12-8-18)34(32,33)27-23(30)26-19-9-5-16(2)6-10-19;1-11-5-7-14(8-6-11)22(20,21)17-15(19)16-18-9-12-3-2-4-13(12)10-18/h7-8,11-12,16,19H,4-6,9-10,13-15H2,1-3H3,(H,25,31)(H2,26,27,30);5-8,12-13H,2-4,9-10H2,1H3,(H2,16,17,19). The summed E-state index contributed by atoms with van der Waals surface area (Å²) in [6.45, 7) is 10.0. The predicted octanol–water partition coefficient (Wildman–Crippen LogP) is 4.70. The molecule has 4 aliphatic rings. The van der Waals surface area contributed by atoms with Gasteiger partial charge in [-0.1, -0.05) is 50.1 Å². The van der Waals surface area contributed by atoms with Gasteiger partial charge in [-0.15, -0.1) is 0 Å². The van der Waals surface area contributed by atoms with Crippen LogP contribution in [-0.2, 0) is 31.3 Å². The first-order valence-electron chi connectivity index (χ1n) is 19.4. The fraction of sp³-hybridized carbons (Fsp3) is 0.538. The van der Waals surface area contributed by atoms with Crippen LogP contribution in [0.25, 0.3) is 0 Å². The Hall–Kier alpha value is -4.48. The second-order valence-corrected chi connectivity index (χ2v) is 18.7. The van der Waals surface area contributed by atoms with Crippen molar-refractivity contribution in [1.29, 1.82) is 0 Å². The van der Waals surface area contributed by atoms with Gasteiger partial charge in [0.1, 0.15) is 0 Å². The molecule has 0 bridgehead atoms. The number of hydrogen-bond donors (Lipinski definition) is 5. The number of rotatable bonds is 10. The molecule has 2 atom stereocenters. The van der Waals surface area contributed by atoms with Crippen molar-refractivity contribution in [3.63, 3.8) is 0 Å².